The first-order valence-electron chi connectivity index (χ1n) is 11.1. The van der Waals surface area contributed by atoms with Crippen LogP contribution in [0.15, 0.2) is 89.1 Å². The molecule has 4 aromatic rings. The van der Waals surface area contributed by atoms with Crippen LogP contribution in [0, 0.1) is 5.82 Å². The van der Waals surface area contributed by atoms with E-state index in [2.05, 4.69) is 15.5 Å². The Morgan fingerprint density at radius 2 is 1.83 bits per heavy atom. The van der Waals surface area contributed by atoms with Crippen molar-refractivity contribution in [3.05, 3.63) is 107 Å². The van der Waals surface area contributed by atoms with Crippen LogP contribution in [-0.4, -0.2) is 28.2 Å². The minimum absolute atomic E-state index is 0.0539. The minimum atomic E-state index is -0.571. The molecule has 3 aromatic carbocycles. The topological polar surface area (TPSA) is 80.5 Å². The smallest absolute Gasteiger partial charge is 0.322 e. The van der Waals surface area contributed by atoms with Gasteiger partial charge < -0.3 is 14.6 Å². The van der Waals surface area contributed by atoms with Gasteiger partial charge in [0.1, 0.15) is 11.6 Å². The summed E-state index contributed by atoms with van der Waals surface area (Å²) in [5, 5.41) is 7.19. The van der Waals surface area contributed by atoms with Crippen molar-refractivity contribution in [3.63, 3.8) is 0 Å². The zero-order chi connectivity index (χ0) is 24.4. The van der Waals surface area contributed by atoms with Crippen molar-refractivity contribution < 1.29 is 18.4 Å². The lowest BCUT2D eigenvalue weighted by Gasteiger charge is -2.35. The van der Waals surface area contributed by atoms with E-state index in [-0.39, 0.29) is 24.3 Å². The molecule has 0 bridgehead atoms. The SMILES string of the molecule is COc1cccc(C2NC(=O)N(Cc3ccccc3F)C(C)=C2c2nc(-c3ccccc3)no2)c1. The molecule has 7 nitrogen and oxygen atoms in total. The molecule has 2 heterocycles. The second-order valence-electron chi connectivity index (χ2n) is 8.12. The largest absolute Gasteiger partial charge is 0.497 e. The molecule has 0 saturated heterocycles. The van der Waals surface area contributed by atoms with Crippen molar-refractivity contribution in [2.45, 2.75) is 19.5 Å². The van der Waals surface area contributed by atoms with Crippen LogP contribution in [0.2, 0.25) is 0 Å². The van der Waals surface area contributed by atoms with Gasteiger partial charge >= 0.3 is 6.03 Å². The van der Waals surface area contributed by atoms with Gasteiger partial charge in [-0.15, -0.1) is 0 Å². The Kier molecular flexibility index (Phi) is 6.01. The van der Waals surface area contributed by atoms with Crippen molar-refractivity contribution in [2.75, 3.05) is 7.11 Å². The predicted octanol–water partition coefficient (Wildman–Crippen LogP) is 5.58. The fourth-order valence-electron chi connectivity index (χ4n) is 4.15. The molecule has 35 heavy (non-hydrogen) atoms. The summed E-state index contributed by atoms with van der Waals surface area (Å²) in [5.41, 5.74) is 3.22. The number of ether oxygens (including phenoxy) is 1. The zero-order valence-corrected chi connectivity index (χ0v) is 19.2. The van der Waals surface area contributed by atoms with E-state index in [1.807, 2.05) is 54.6 Å². The Hall–Kier alpha value is -4.46. The second kappa shape index (κ2) is 9.42. The first-order valence-corrected chi connectivity index (χ1v) is 11.1. The lowest BCUT2D eigenvalue weighted by molar-refractivity contribution is 0.202. The van der Waals surface area contributed by atoms with Crippen molar-refractivity contribution in [1.29, 1.82) is 0 Å². The third kappa shape index (κ3) is 4.38. The maximum absolute atomic E-state index is 14.4. The number of aromatic nitrogens is 2. The van der Waals surface area contributed by atoms with Crippen LogP contribution < -0.4 is 10.1 Å². The molecule has 0 fully saturated rings. The zero-order valence-electron chi connectivity index (χ0n) is 19.2. The van der Waals surface area contributed by atoms with Gasteiger partial charge in [-0.2, -0.15) is 4.98 Å². The predicted molar refractivity (Wildman–Crippen MR) is 129 cm³/mol. The van der Waals surface area contributed by atoms with Gasteiger partial charge in [-0.1, -0.05) is 65.8 Å². The summed E-state index contributed by atoms with van der Waals surface area (Å²) in [4.78, 5) is 19.3. The second-order valence-corrected chi connectivity index (χ2v) is 8.12. The number of hydrogen-bond donors (Lipinski definition) is 1. The highest BCUT2D eigenvalue weighted by atomic mass is 19.1. The molecule has 0 spiro atoms. The maximum atomic E-state index is 14.4. The van der Waals surface area contributed by atoms with E-state index < -0.39 is 6.04 Å². The standard InChI is InChI=1S/C27H23FN4O3/c1-17-23(26-30-25(31-35-26)18-9-4-3-5-10-18)24(19-12-8-13-21(15-19)34-2)29-27(33)32(17)16-20-11-6-7-14-22(20)28/h3-15,24H,16H2,1-2H3,(H,29,33). The number of nitrogens with zero attached hydrogens (tertiary/aromatic N) is 3. The highest BCUT2D eigenvalue weighted by Crippen LogP contribution is 2.38. The van der Waals surface area contributed by atoms with Crippen LogP contribution in [0.3, 0.4) is 0 Å². The molecule has 2 amide bonds. The number of methoxy groups -OCH3 is 1. The van der Waals surface area contributed by atoms with Gasteiger partial charge in [0.2, 0.25) is 5.82 Å². The van der Waals surface area contributed by atoms with Crippen molar-refractivity contribution in [2.24, 2.45) is 0 Å². The number of allylic oxidation sites excluding steroid dienone is 1. The summed E-state index contributed by atoms with van der Waals surface area (Å²) in [5.74, 6) is 0.974. The number of hydrogen-bond acceptors (Lipinski definition) is 5. The van der Waals surface area contributed by atoms with Gasteiger partial charge in [-0.25, -0.2) is 9.18 Å². The molecule has 8 heteroatoms. The van der Waals surface area contributed by atoms with E-state index in [4.69, 9.17) is 9.26 Å². The molecule has 1 atom stereocenters. The van der Waals surface area contributed by atoms with Gasteiger partial charge in [-0.3, -0.25) is 4.90 Å². The summed E-state index contributed by atoms with van der Waals surface area (Å²) in [6, 6.07) is 22.4. The van der Waals surface area contributed by atoms with Gasteiger partial charge in [0.15, 0.2) is 0 Å². The van der Waals surface area contributed by atoms with Gasteiger partial charge in [-0.05, 0) is 30.7 Å². The molecule has 0 radical (unpaired) electrons. The van der Waals surface area contributed by atoms with Crippen molar-refractivity contribution >= 4 is 11.6 Å². The van der Waals surface area contributed by atoms with Gasteiger partial charge in [0.25, 0.3) is 5.89 Å². The number of amides is 2. The number of urea groups is 1. The van der Waals surface area contributed by atoms with E-state index in [0.29, 0.717) is 28.4 Å². The summed E-state index contributed by atoms with van der Waals surface area (Å²) in [6.45, 7) is 1.85. The summed E-state index contributed by atoms with van der Waals surface area (Å²) in [7, 11) is 1.58. The van der Waals surface area contributed by atoms with Crippen molar-refractivity contribution in [3.8, 4) is 17.1 Å². The number of benzene rings is 3. The first-order chi connectivity index (χ1) is 17.0. The van der Waals surface area contributed by atoms with Crippen LogP contribution in [0.5, 0.6) is 5.75 Å². The quantitative estimate of drug-likeness (QED) is 0.398. The Bertz CT molecular complexity index is 1400. The Morgan fingerprint density at radius 3 is 2.60 bits per heavy atom. The molecule has 1 aromatic heterocycles. The molecule has 1 N–H and O–H groups in total. The molecule has 5 rings (SSSR count). The lowest BCUT2D eigenvalue weighted by Crippen LogP contribution is -2.45. The average Bonchev–Trinajstić information content (AvgIpc) is 3.37. The molecule has 176 valence electrons. The summed E-state index contributed by atoms with van der Waals surface area (Å²) < 4.78 is 25.5. The highest BCUT2D eigenvalue weighted by Gasteiger charge is 2.36. The third-order valence-electron chi connectivity index (χ3n) is 6.00. The van der Waals surface area contributed by atoms with Gasteiger partial charge in [0, 0.05) is 16.8 Å². The van der Waals surface area contributed by atoms with Crippen LogP contribution in [0.25, 0.3) is 17.0 Å². The Labute approximate surface area is 201 Å². The highest BCUT2D eigenvalue weighted by molar-refractivity contribution is 5.87. The summed E-state index contributed by atoms with van der Waals surface area (Å²) >= 11 is 0. The normalized spacial score (nSPS) is 15.8. The molecule has 1 unspecified atom stereocenters. The number of carbonyl (C=O) groups excluding carboxylic acids is 1. The number of halogens is 1. The Morgan fingerprint density at radius 1 is 1.06 bits per heavy atom. The number of carbonyl (C=O) groups is 1. The van der Waals surface area contributed by atoms with Crippen LogP contribution in [0.1, 0.15) is 30.0 Å². The number of nitrogens with one attached hydrogen (secondary N) is 1. The average molecular weight is 471 g/mol. The molecule has 0 saturated carbocycles. The maximum Gasteiger partial charge on any atom is 0.322 e. The molecular weight excluding hydrogens is 447 g/mol. The summed E-state index contributed by atoms with van der Waals surface area (Å²) in [6.07, 6.45) is 0. The van der Waals surface area contributed by atoms with E-state index in [1.54, 1.807) is 32.2 Å². The molecular formula is C27H23FN4O3. The van der Waals surface area contributed by atoms with Crippen LogP contribution in [-0.2, 0) is 6.54 Å². The fourth-order valence-corrected chi connectivity index (χ4v) is 4.15. The van der Waals surface area contributed by atoms with E-state index in [1.165, 1.54) is 11.0 Å². The fraction of sp³-hybridized carbons (Fsp3) is 0.148. The minimum Gasteiger partial charge on any atom is -0.497 e. The Balaban J connectivity index is 1.62. The first kappa shape index (κ1) is 22.3. The van der Waals surface area contributed by atoms with Crippen molar-refractivity contribution in [1.82, 2.24) is 20.4 Å². The molecule has 1 aliphatic rings. The van der Waals surface area contributed by atoms with E-state index >= 15 is 0 Å². The molecule has 1 aliphatic heterocycles. The van der Waals surface area contributed by atoms with E-state index in [0.717, 1.165) is 11.1 Å². The lowest BCUT2D eigenvalue weighted by atomic mass is 9.94. The number of rotatable bonds is 6. The van der Waals surface area contributed by atoms with E-state index in [9.17, 15) is 9.18 Å². The molecule has 0 aliphatic carbocycles. The van der Waals surface area contributed by atoms with Crippen LogP contribution in [0.4, 0.5) is 9.18 Å². The van der Waals surface area contributed by atoms with Gasteiger partial charge in [0.05, 0.1) is 25.3 Å². The monoisotopic (exact) mass is 470 g/mol. The van der Waals surface area contributed by atoms with Crippen LogP contribution >= 0.6 is 0 Å². The third-order valence-corrected chi connectivity index (χ3v) is 6.00.